The number of aromatic nitrogens is 2. The number of halogens is 1. The normalized spacial score (nSPS) is 25.2. The monoisotopic (exact) mass is 393 g/mol. The zero-order valence-corrected chi connectivity index (χ0v) is 17.3. The van der Waals surface area contributed by atoms with E-state index in [1.54, 1.807) is 19.3 Å². The lowest BCUT2D eigenvalue weighted by Crippen LogP contribution is -2.42. The second kappa shape index (κ2) is 6.64. The molecule has 1 aromatic carbocycles. The number of nitrogens with zero attached hydrogens (tertiary/aromatic N) is 3. The highest BCUT2D eigenvalue weighted by molar-refractivity contribution is 5.90. The predicted molar refractivity (Wildman–Crippen MR) is 113 cm³/mol. The van der Waals surface area contributed by atoms with Crippen LogP contribution in [-0.2, 0) is 12.2 Å². The summed E-state index contributed by atoms with van der Waals surface area (Å²) in [5, 5.41) is 12.1. The molecule has 0 spiro atoms. The lowest BCUT2D eigenvalue weighted by molar-refractivity contribution is 0.0672. The zero-order chi connectivity index (χ0) is 20.3. The highest BCUT2D eigenvalue weighted by atomic mass is 19.1. The Bertz CT molecular complexity index is 1070. The first-order valence-corrected chi connectivity index (χ1v) is 10.5. The molecule has 0 saturated carbocycles. The Balaban J connectivity index is 1.75. The molecule has 4 nitrogen and oxygen atoms in total. The van der Waals surface area contributed by atoms with Crippen molar-refractivity contribution < 1.29 is 9.50 Å². The average Bonchev–Trinajstić information content (AvgIpc) is 3.25. The van der Waals surface area contributed by atoms with Crippen LogP contribution in [0.2, 0.25) is 0 Å². The van der Waals surface area contributed by atoms with E-state index in [1.807, 2.05) is 12.1 Å². The van der Waals surface area contributed by atoms with Crippen LogP contribution >= 0.6 is 0 Å². The summed E-state index contributed by atoms with van der Waals surface area (Å²) in [4.78, 5) is 6.44. The van der Waals surface area contributed by atoms with Crippen molar-refractivity contribution in [2.75, 3.05) is 13.1 Å². The highest BCUT2D eigenvalue weighted by Gasteiger charge is 2.46. The molecule has 5 rings (SSSR count). The lowest BCUT2D eigenvalue weighted by Gasteiger charge is -2.39. The van der Waals surface area contributed by atoms with Crippen molar-refractivity contribution in [2.24, 2.45) is 0 Å². The van der Waals surface area contributed by atoms with Crippen molar-refractivity contribution in [1.29, 1.82) is 0 Å². The predicted octanol–water partition coefficient (Wildman–Crippen LogP) is 4.72. The van der Waals surface area contributed by atoms with E-state index in [0.29, 0.717) is 13.1 Å². The summed E-state index contributed by atoms with van der Waals surface area (Å²) in [5.41, 5.74) is 4.58. The van der Waals surface area contributed by atoms with Gasteiger partial charge in [-0.25, -0.2) is 4.39 Å². The third kappa shape index (κ3) is 2.90. The van der Waals surface area contributed by atoms with Gasteiger partial charge in [0.25, 0.3) is 0 Å². The van der Waals surface area contributed by atoms with Crippen LogP contribution in [0.25, 0.3) is 10.9 Å². The largest absolute Gasteiger partial charge is 0.386 e. The van der Waals surface area contributed by atoms with Gasteiger partial charge in [0.15, 0.2) is 5.67 Å². The molecule has 29 heavy (non-hydrogen) atoms. The SMILES string of the molecule is Cc1cc(C)c2c(c1)c1c(n2CC(O)c2cccnc2)C(C)(F)CN2CCCC12. The van der Waals surface area contributed by atoms with Crippen molar-refractivity contribution in [3.8, 4) is 0 Å². The van der Waals surface area contributed by atoms with E-state index >= 15 is 4.39 Å². The Hall–Kier alpha value is -2.24. The second-order valence-electron chi connectivity index (χ2n) is 8.98. The van der Waals surface area contributed by atoms with Gasteiger partial charge in [0.05, 0.1) is 23.9 Å². The van der Waals surface area contributed by atoms with Crippen LogP contribution < -0.4 is 0 Å². The van der Waals surface area contributed by atoms with Gasteiger partial charge in [0.1, 0.15) is 0 Å². The summed E-state index contributed by atoms with van der Waals surface area (Å²) in [5.74, 6) is 0. The van der Waals surface area contributed by atoms with Crippen molar-refractivity contribution in [3.05, 3.63) is 64.6 Å². The number of alkyl halides is 1. The van der Waals surface area contributed by atoms with Gasteiger partial charge in [-0.15, -0.1) is 0 Å². The first kappa shape index (κ1) is 18.8. The van der Waals surface area contributed by atoms with E-state index < -0.39 is 11.8 Å². The Morgan fingerprint density at radius 1 is 1.34 bits per heavy atom. The maximum atomic E-state index is 16.1. The fourth-order valence-electron chi connectivity index (χ4n) is 5.64. The fraction of sp³-hybridized carbons (Fsp3) is 0.458. The molecule has 1 saturated heterocycles. The number of pyridine rings is 1. The van der Waals surface area contributed by atoms with Gasteiger partial charge >= 0.3 is 0 Å². The number of aliphatic hydroxyl groups is 1. The summed E-state index contributed by atoms with van der Waals surface area (Å²) in [6.07, 6.45) is 4.83. The number of aryl methyl sites for hydroxylation is 2. The molecule has 0 amide bonds. The van der Waals surface area contributed by atoms with Crippen molar-refractivity contribution in [3.63, 3.8) is 0 Å². The molecule has 5 heteroatoms. The lowest BCUT2D eigenvalue weighted by atomic mass is 9.88. The minimum atomic E-state index is -1.45. The molecule has 4 heterocycles. The van der Waals surface area contributed by atoms with E-state index in [9.17, 15) is 5.11 Å². The minimum Gasteiger partial charge on any atom is -0.386 e. The number of hydrogen-bond acceptors (Lipinski definition) is 3. The van der Waals surface area contributed by atoms with E-state index in [-0.39, 0.29) is 6.04 Å². The van der Waals surface area contributed by atoms with Crippen LogP contribution in [0.15, 0.2) is 36.7 Å². The van der Waals surface area contributed by atoms with Gasteiger partial charge in [0.2, 0.25) is 0 Å². The molecule has 3 unspecified atom stereocenters. The molecular weight excluding hydrogens is 365 g/mol. The first-order valence-electron chi connectivity index (χ1n) is 10.5. The summed E-state index contributed by atoms with van der Waals surface area (Å²) in [6.45, 7) is 7.60. The standard InChI is InChI=1S/C24H28FN3O/c1-15-10-16(2)22-18(11-15)21-19-7-5-9-27(19)14-24(3,25)23(21)28(22)13-20(29)17-6-4-8-26-12-17/h4,6,8,10-12,19-20,29H,5,7,9,13-14H2,1-3H3. The molecule has 2 aromatic heterocycles. The molecule has 0 bridgehead atoms. The van der Waals surface area contributed by atoms with Crippen LogP contribution in [0.3, 0.4) is 0 Å². The van der Waals surface area contributed by atoms with Gasteiger partial charge in [0, 0.05) is 41.5 Å². The minimum absolute atomic E-state index is 0.273. The smallest absolute Gasteiger partial charge is 0.160 e. The van der Waals surface area contributed by atoms with E-state index in [2.05, 4.69) is 40.4 Å². The number of aliphatic hydroxyl groups excluding tert-OH is 1. The quantitative estimate of drug-likeness (QED) is 0.700. The molecule has 152 valence electrons. The molecular formula is C24H28FN3O. The molecule has 1 N–H and O–H groups in total. The summed E-state index contributed by atoms with van der Waals surface area (Å²) >= 11 is 0. The van der Waals surface area contributed by atoms with Crippen molar-refractivity contribution in [2.45, 2.75) is 58.0 Å². The fourth-order valence-corrected chi connectivity index (χ4v) is 5.64. The Morgan fingerprint density at radius 2 is 2.17 bits per heavy atom. The van der Waals surface area contributed by atoms with Crippen LogP contribution in [-0.4, -0.2) is 32.6 Å². The molecule has 2 aliphatic heterocycles. The number of hydrogen-bond donors (Lipinski definition) is 1. The van der Waals surface area contributed by atoms with Crippen LogP contribution in [0.5, 0.6) is 0 Å². The first-order chi connectivity index (χ1) is 13.9. The van der Waals surface area contributed by atoms with Gasteiger partial charge in [-0.05, 0) is 57.9 Å². The molecule has 1 fully saturated rings. The van der Waals surface area contributed by atoms with Gasteiger partial charge in [-0.1, -0.05) is 17.7 Å². The number of rotatable bonds is 3. The summed E-state index contributed by atoms with van der Waals surface area (Å²) in [6, 6.07) is 8.33. The van der Waals surface area contributed by atoms with Crippen molar-refractivity contribution in [1.82, 2.24) is 14.5 Å². The van der Waals surface area contributed by atoms with E-state index in [1.165, 1.54) is 5.56 Å². The molecule has 2 aliphatic rings. The van der Waals surface area contributed by atoms with Gasteiger partial charge < -0.3 is 9.67 Å². The maximum absolute atomic E-state index is 16.1. The van der Waals surface area contributed by atoms with Crippen LogP contribution in [0, 0.1) is 13.8 Å². The number of benzene rings is 1. The van der Waals surface area contributed by atoms with Crippen molar-refractivity contribution >= 4 is 10.9 Å². The number of fused-ring (bicyclic) bond motifs is 5. The molecule has 0 radical (unpaired) electrons. The average molecular weight is 394 g/mol. The Morgan fingerprint density at radius 3 is 2.93 bits per heavy atom. The highest BCUT2D eigenvalue weighted by Crippen LogP contribution is 2.50. The summed E-state index contributed by atoms with van der Waals surface area (Å²) < 4.78 is 18.2. The zero-order valence-electron chi connectivity index (χ0n) is 17.3. The Kier molecular flexibility index (Phi) is 4.30. The third-order valence-corrected chi connectivity index (χ3v) is 6.65. The van der Waals surface area contributed by atoms with Gasteiger partial charge in [-0.2, -0.15) is 0 Å². The van der Waals surface area contributed by atoms with E-state index in [0.717, 1.165) is 52.7 Å². The van der Waals surface area contributed by atoms with Crippen LogP contribution in [0.4, 0.5) is 4.39 Å². The molecule has 3 atom stereocenters. The second-order valence-corrected chi connectivity index (χ2v) is 8.98. The Labute approximate surface area is 171 Å². The topological polar surface area (TPSA) is 41.3 Å². The van der Waals surface area contributed by atoms with E-state index in [4.69, 9.17) is 0 Å². The molecule has 0 aliphatic carbocycles. The molecule has 3 aromatic rings. The summed E-state index contributed by atoms with van der Waals surface area (Å²) in [7, 11) is 0. The third-order valence-electron chi connectivity index (χ3n) is 6.65. The maximum Gasteiger partial charge on any atom is 0.160 e. The van der Waals surface area contributed by atoms with Gasteiger partial charge in [-0.3, -0.25) is 9.88 Å². The van der Waals surface area contributed by atoms with Crippen LogP contribution in [0.1, 0.15) is 59.9 Å².